The summed E-state index contributed by atoms with van der Waals surface area (Å²) in [6.07, 6.45) is -0.876. The Hall–Kier alpha value is -1.32. The van der Waals surface area contributed by atoms with Crippen molar-refractivity contribution in [2.45, 2.75) is 20.0 Å². The van der Waals surface area contributed by atoms with Crippen LogP contribution in [0.25, 0.3) is 11.0 Å². The lowest BCUT2D eigenvalue weighted by Crippen LogP contribution is -2.02. The number of aryl methyl sites for hydroxylation is 2. The molecule has 0 aliphatic heterocycles. The molecule has 0 bridgehead atoms. The summed E-state index contributed by atoms with van der Waals surface area (Å²) in [7, 11) is 0. The van der Waals surface area contributed by atoms with Crippen LogP contribution >= 0.6 is 0 Å². The molecule has 0 aliphatic carbocycles. The molecule has 2 rings (SSSR count). The molecule has 3 nitrogen and oxygen atoms in total. The van der Waals surface area contributed by atoms with Gasteiger partial charge in [0.15, 0.2) is 0 Å². The van der Waals surface area contributed by atoms with Crippen LogP contribution in [0.4, 0.5) is 0 Å². The van der Waals surface area contributed by atoms with Gasteiger partial charge in [-0.2, -0.15) is 0 Å². The second-order valence-electron chi connectivity index (χ2n) is 3.71. The predicted molar refractivity (Wildman–Crippen MR) is 57.7 cm³/mol. The van der Waals surface area contributed by atoms with Gasteiger partial charge in [-0.15, -0.1) is 0 Å². The highest BCUT2D eigenvalue weighted by Gasteiger charge is 2.15. The zero-order valence-corrected chi connectivity index (χ0v) is 8.82. The van der Waals surface area contributed by atoms with Crippen LogP contribution < -0.4 is 0 Å². The Morgan fingerprint density at radius 1 is 1.33 bits per heavy atom. The Morgan fingerprint density at radius 3 is 2.73 bits per heavy atom. The van der Waals surface area contributed by atoms with Gasteiger partial charge in [-0.25, -0.2) is 0 Å². The molecule has 0 aliphatic rings. The van der Waals surface area contributed by atoms with Crippen molar-refractivity contribution in [3.8, 4) is 0 Å². The number of hydrogen-bond acceptors (Lipinski definition) is 3. The van der Waals surface area contributed by atoms with Crippen molar-refractivity contribution in [2.24, 2.45) is 0 Å². The maximum absolute atomic E-state index is 9.62. The van der Waals surface area contributed by atoms with Crippen LogP contribution in [0.1, 0.15) is 23.0 Å². The predicted octanol–water partition coefficient (Wildman–Crippen LogP) is 2.08. The molecule has 0 amide bonds. The molecule has 0 unspecified atom stereocenters. The molecule has 1 aromatic carbocycles. The summed E-state index contributed by atoms with van der Waals surface area (Å²) in [5, 5.41) is 19.5. The fourth-order valence-corrected chi connectivity index (χ4v) is 1.74. The van der Waals surface area contributed by atoms with E-state index in [1.165, 1.54) is 0 Å². The Morgan fingerprint density at radius 2 is 2.07 bits per heavy atom. The average molecular weight is 206 g/mol. The van der Waals surface area contributed by atoms with E-state index in [0.717, 1.165) is 16.7 Å². The summed E-state index contributed by atoms with van der Waals surface area (Å²) in [4.78, 5) is 0. The summed E-state index contributed by atoms with van der Waals surface area (Å²) in [5.74, 6) is 0.850. The average Bonchev–Trinajstić information content (AvgIpc) is 2.54. The highest BCUT2D eigenvalue weighted by molar-refractivity contribution is 5.85. The first-order valence-electron chi connectivity index (χ1n) is 4.92. The molecule has 1 aromatic heterocycles. The number of fused-ring (bicyclic) bond motifs is 1. The van der Waals surface area contributed by atoms with E-state index in [4.69, 9.17) is 9.52 Å². The van der Waals surface area contributed by atoms with Gasteiger partial charge >= 0.3 is 0 Å². The van der Waals surface area contributed by atoms with Gasteiger partial charge in [0.25, 0.3) is 0 Å². The van der Waals surface area contributed by atoms with Crippen molar-refractivity contribution in [2.75, 3.05) is 6.61 Å². The number of aliphatic hydroxyl groups excluding tert-OH is 2. The van der Waals surface area contributed by atoms with E-state index < -0.39 is 6.10 Å². The van der Waals surface area contributed by atoms with Crippen molar-refractivity contribution in [1.82, 2.24) is 0 Å². The number of benzene rings is 1. The fourth-order valence-electron chi connectivity index (χ4n) is 1.74. The van der Waals surface area contributed by atoms with Crippen molar-refractivity contribution in [3.05, 3.63) is 35.1 Å². The maximum Gasteiger partial charge on any atom is 0.140 e. The van der Waals surface area contributed by atoms with E-state index in [9.17, 15) is 5.11 Å². The minimum Gasteiger partial charge on any atom is -0.461 e. The van der Waals surface area contributed by atoms with Crippen LogP contribution in [0.5, 0.6) is 0 Å². The fraction of sp³-hybridized carbons (Fsp3) is 0.333. The van der Waals surface area contributed by atoms with E-state index in [-0.39, 0.29) is 6.61 Å². The smallest absolute Gasteiger partial charge is 0.140 e. The first kappa shape index (κ1) is 10.2. The minimum absolute atomic E-state index is 0.294. The second kappa shape index (κ2) is 3.68. The molecule has 2 N–H and O–H groups in total. The SMILES string of the molecule is Cc1oc2c([C@H](O)CO)cccc2c1C. The molecular weight excluding hydrogens is 192 g/mol. The zero-order valence-electron chi connectivity index (χ0n) is 8.82. The molecule has 0 spiro atoms. The number of rotatable bonds is 2. The van der Waals surface area contributed by atoms with Gasteiger partial charge in [0, 0.05) is 10.9 Å². The van der Waals surface area contributed by atoms with Crippen molar-refractivity contribution >= 4 is 11.0 Å². The lowest BCUT2D eigenvalue weighted by molar-refractivity contribution is 0.0959. The summed E-state index contributed by atoms with van der Waals surface area (Å²) in [6, 6.07) is 5.58. The first-order chi connectivity index (χ1) is 7.15. The third-order valence-electron chi connectivity index (χ3n) is 2.76. The highest BCUT2D eigenvalue weighted by Crippen LogP contribution is 2.30. The van der Waals surface area contributed by atoms with Crippen LogP contribution in [-0.4, -0.2) is 16.8 Å². The lowest BCUT2D eigenvalue weighted by Gasteiger charge is -2.07. The van der Waals surface area contributed by atoms with Crippen molar-refractivity contribution in [1.29, 1.82) is 0 Å². The van der Waals surface area contributed by atoms with Crippen molar-refractivity contribution in [3.63, 3.8) is 0 Å². The third-order valence-corrected chi connectivity index (χ3v) is 2.76. The van der Waals surface area contributed by atoms with Gasteiger partial charge in [-0.1, -0.05) is 18.2 Å². The van der Waals surface area contributed by atoms with Crippen molar-refractivity contribution < 1.29 is 14.6 Å². The molecule has 0 saturated carbocycles. The van der Waals surface area contributed by atoms with Gasteiger partial charge < -0.3 is 14.6 Å². The molecule has 3 heteroatoms. The van der Waals surface area contributed by atoms with Gasteiger partial charge in [0.2, 0.25) is 0 Å². The summed E-state index contributed by atoms with van der Waals surface area (Å²) in [5.41, 5.74) is 2.40. The van der Waals surface area contributed by atoms with Crippen LogP contribution in [0, 0.1) is 13.8 Å². The molecule has 0 saturated heterocycles. The monoisotopic (exact) mass is 206 g/mol. The zero-order chi connectivity index (χ0) is 11.0. The normalized spacial score (nSPS) is 13.3. The number of hydrogen-bond donors (Lipinski definition) is 2. The van der Waals surface area contributed by atoms with Crippen LogP contribution in [0.2, 0.25) is 0 Å². The molecular formula is C12H14O3. The van der Waals surface area contributed by atoms with Gasteiger partial charge in [0.1, 0.15) is 17.4 Å². The number of para-hydroxylation sites is 1. The summed E-state index contributed by atoms with van der Waals surface area (Å²) in [6.45, 7) is 3.58. The van der Waals surface area contributed by atoms with E-state index in [1.807, 2.05) is 26.0 Å². The largest absolute Gasteiger partial charge is 0.461 e. The van der Waals surface area contributed by atoms with Gasteiger partial charge in [-0.3, -0.25) is 0 Å². The van der Waals surface area contributed by atoms with E-state index in [2.05, 4.69) is 0 Å². The van der Waals surface area contributed by atoms with Gasteiger partial charge in [0.05, 0.1) is 6.61 Å². The van der Waals surface area contributed by atoms with E-state index in [0.29, 0.717) is 11.1 Å². The molecule has 0 fully saturated rings. The lowest BCUT2D eigenvalue weighted by atomic mass is 10.1. The Balaban J connectivity index is 2.71. The standard InChI is InChI=1S/C12H14O3/c1-7-8(2)15-12-9(7)4-3-5-10(12)11(14)6-13/h3-5,11,13-14H,6H2,1-2H3/t11-/m1/s1. The van der Waals surface area contributed by atoms with E-state index >= 15 is 0 Å². The summed E-state index contributed by atoms with van der Waals surface area (Å²) >= 11 is 0. The molecule has 15 heavy (non-hydrogen) atoms. The number of aliphatic hydroxyl groups is 2. The minimum atomic E-state index is -0.876. The van der Waals surface area contributed by atoms with E-state index in [1.54, 1.807) is 6.07 Å². The Bertz CT molecular complexity index is 485. The Labute approximate surface area is 88.0 Å². The van der Waals surface area contributed by atoms with Crippen LogP contribution in [0.15, 0.2) is 22.6 Å². The van der Waals surface area contributed by atoms with Crippen LogP contribution in [0.3, 0.4) is 0 Å². The molecule has 1 heterocycles. The Kier molecular flexibility index (Phi) is 2.50. The molecule has 80 valence electrons. The molecule has 2 aromatic rings. The maximum atomic E-state index is 9.62. The molecule has 0 radical (unpaired) electrons. The highest BCUT2D eigenvalue weighted by atomic mass is 16.3. The summed E-state index contributed by atoms with van der Waals surface area (Å²) < 4.78 is 5.58. The third kappa shape index (κ3) is 1.54. The van der Waals surface area contributed by atoms with Gasteiger partial charge in [-0.05, 0) is 19.4 Å². The molecule has 1 atom stereocenters. The number of furan rings is 1. The first-order valence-corrected chi connectivity index (χ1v) is 4.92. The topological polar surface area (TPSA) is 53.6 Å². The quantitative estimate of drug-likeness (QED) is 0.790. The van der Waals surface area contributed by atoms with Crippen LogP contribution in [-0.2, 0) is 0 Å². The second-order valence-corrected chi connectivity index (χ2v) is 3.71.